The predicted molar refractivity (Wildman–Crippen MR) is 132 cm³/mol. The topological polar surface area (TPSA) is 83.5 Å². The summed E-state index contributed by atoms with van der Waals surface area (Å²) in [7, 11) is 0. The maximum atomic E-state index is 11.4. The highest BCUT2D eigenvalue weighted by Gasteiger charge is 2.23. The number of hydrogen-bond acceptors (Lipinski definition) is 5. The number of aryl methyl sites for hydroxylation is 1. The average molecular weight is 452 g/mol. The fourth-order valence-electron chi connectivity index (χ4n) is 4.37. The molecule has 0 bridgehead atoms. The highest BCUT2D eigenvalue weighted by atomic mass is 16.5. The van der Waals surface area contributed by atoms with Crippen molar-refractivity contribution >= 4 is 11.7 Å². The third-order valence-corrected chi connectivity index (χ3v) is 6.09. The molecule has 0 saturated carbocycles. The van der Waals surface area contributed by atoms with Crippen LogP contribution in [0.25, 0.3) is 11.1 Å². The molecule has 5 rings (SSSR count). The maximum Gasteiger partial charge on any atom is 0.337 e. The fraction of sp³-hybridized carbons (Fsp3) is 0.143. The minimum Gasteiger partial charge on any atom is -0.478 e. The lowest BCUT2D eigenvalue weighted by atomic mass is 9.95. The Labute approximate surface area is 198 Å². The van der Waals surface area contributed by atoms with Gasteiger partial charge in [-0.1, -0.05) is 36.4 Å². The van der Waals surface area contributed by atoms with E-state index in [-0.39, 0.29) is 11.6 Å². The number of ether oxygens (including phenoxy) is 1. The molecule has 0 fully saturated rings. The number of aromatic nitrogens is 1. The zero-order valence-electron chi connectivity index (χ0n) is 18.8. The Morgan fingerprint density at radius 2 is 1.94 bits per heavy atom. The minimum absolute atomic E-state index is 0.0913. The van der Waals surface area contributed by atoms with Gasteiger partial charge in [0.1, 0.15) is 11.5 Å². The van der Waals surface area contributed by atoms with E-state index >= 15 is 0 Å². The number of carbonyl (C=O) groups is 1. The monoisotopic (exact) mass is 451 g/mol. The molecular weight excluding hydrogens is 426 g/mol. The van der Waals surface area contributed by atoms with Gasteiger partial charge < -0.3 is 20.5 Å². The fourth-order valence-corrected chi connectivity index (χ4v) is 4.37. The Morgan fingerprint density at radius 1 is 1.09 bits per heavy atom. The molecule has 4 aromatic rings. The Balaban J connectivity index is 1.31. The molecule has 34 heavy (non-hydrogen) atoms. The lowest BCUT2D eigenvalue weighted by molar-refractivity contribution is 0.0697. The molecular formula is C28H25N3O3. The van der Waals surface area contributed by atoms with Crippen LogP contribution >= 0.6 is 0 Å². The lowest BCUT2D eigenvalue weighted by Gasteiger charge is -2.16. The van der Waals surface area contributed by atoms with Crippen molar-refractivity contribution in [2.45, 2.75) is 19.5 Å². The molecule has 1 aliphatic heterocycles. The van der Waals surface area contributed by atoms with Gasteiger partial charge in [0.05, 0.1) is 23.5 Å². The van der Waals surface area contributed by atoms with E-state index in [4.69, 9.17) is 4.74 Å². The number of rotatable bonds is 7. The van der Waals surface area contributed by atoms with E-state index < -0.39 is 5.97 Å². The largest absolute Gasteiger partial charge is 0.478 e. The van der Waals surface area contributed by atoms with Crippen molar-refractivity contribution in [3.8, 4) is 22.6 Å². The van der Waals surface area contributed by atoms with E-state index in [0.717, 1.165) is 23.6 Å². The summed E-state index contributed by atoms with van der Waals surface area (Å²) in [4.78, 5) is 15.5. The van der Waals surface area contributed by atoms with Crippen LogP contribution in [-0.2, 0) is 6.54 Å². The minimum atomic E-state index is -0.968. The first kappa shape index (κ1) is 21.7. The molecule has 0 unspecified atom stereocenters. The summed E-state index contributed by atoms with van der Waals surface area (Å²) >= 11 is 0. The summed E-state index contributed by atoms with van der Waals surface area (Å²) in [5.41, 5.74) is 6.70. The maximum absolute atomic E-state index is 11.4. The van der Waals surface area contributed by atoms with Gasteiger partial charge in [-0.3, -0.25) is 4.98 Å². The van der Waals surface area contributed by atoms with E-state index in [1.165, 1.54) is 34.5 Å². The van der Waals surface area contributed by atoms with Gasteiger partial charge in [0.2, 0.25) is 0 Å². The van der Waals surface area contributed by atoms with Crippen LogP contribution in [0.3, 0.4) is 0 Å². The number of aromatic carboxylic acids is 1. The van der Waals surface area contributed by atoms with Crippen LogP contribution in [0.2, 0.25) is 0 Å². The molecule has 0 aliphatic carbocycles. The Hall–Kier alpha value is -4.16. The number of nitrogens with one attached hydrogen (secondary N) is 2. The molecule has 1 aromatic heterocycles. The number of carboxylic acid groups (broad SMARTS) is 1. The summed E-state index contributed by atoms with van der Waals surface area (Å²) in [6.07, 6.45) is 3.04. The van der Waals surface area contributed by atoms with E-state index in [1.54, 1.807) is 6.20 Å². The molecule has 6 heteroatoms. The molecule has 3 N–H and O–H groups in total. The first-order valence-corrected chi connectivity index (χ1v) is 11.2. The van der Waals surface area contributed by atoms with Crippen molar-refractivity contribution in [2.24, 2.45) is 0 Å². The molecule has 0 spiro atoms. The smallest absolute Gasteiger partial charge is 0.337 e. The second kappa shape index (κ2) is 9.37. The zero-order chi connectivity index (χ0) is 23.5. The van der Waals surface area contributed by atoms with Crippen molar-refractivity contribution in [2.75, 3.05) is 11.9 Å². The van der Waals surface area contributed by atoms with Crippen LogP contribution in [0, 0.1) is 6.92 Å². The van der Waals surface area contributed by atoms with Gasteiger partial charge in [-0.05, 0) is 71.1 Å². The first-order valence-electron chi connectivity index (χ1n) is 11.2. The number of para-hydroxylation sites is 1. The van der Waals surface area contributed by atoms with E-state index in [1.807, 2.05) is 36.4 Å². The van der Waals surface area contributed by atoms with Crippen molar-refractivity contribution in [3.05, 3.63) is 107 Å². The molecule has 170 valence electrons. The highest BCUT2D eigenvalue weighted by molar-refractivity contribution is 5.93. The van der Waals surface area contributed by atoms with Gasteiger partial charge >= 0.3 is 5.97 Å². The molecule has 1 aliphatic rings. The summed E-state index contributed by atoms with van der Waals surface area (Å²) in [6, 6.07) is 24.1. The van der Waals surface area contributed by atoms with Crippen molar-refractivity contribution in [1.29, 1.82) is 0 Å². The van der Waals surface area contributed by atoms with Crippen LogP contribution in [0.15, 0.2) is 85.2 Å². The average Bonchev–Trinajstić information content (AvgIpc) is 3.26. The second-order valence-corrected chi connectivity index (χ2v) is 8.35. The Morgan fingerprint density at radius 3 is 2.74 bits per heavy atom. The van der Waals surface area contributed by atoms with Crippen LogP contribution in [-0.4, -0.2) is 22.6 Å². The van der Waals surface area contributed by atoms with E-state index in [0.29, 0.717) is 12.2 Å². The number of nitrogens with zero attached hydrogens (tertiary/aromatic N) is 1. The SMILES string of the molecule is Cc1cc(Oc2ccccc2)ccc1-c1ccc2c(c1)CN[C@@H]2CNc1cnccc1C(=O)O. The summed E-state index contributed by atoms with van der Waals surface area (Å²) in [5, 5.41) is 16.1. The van der Waals surface area contributed by atoms with Gasteiger partial charge in [-0.25, -0.2) is 4.79 Å². The number of pyridine rings is 1. The number of hydrogen-bond donors (Lipinski definition) is 3. The molecule has 6 nitrogen and oxygen atoms in total. The summed E-state index contributed by atoms with van der Waals surface area (Å²) in [6.45, 7) is 3.44. The normalized spacial score (nSPS) is 14.4. The van der Waals surface area contributed by atoms with Gasteiger partial charge in [-0.15, -0.1) is 0 Å². The van der Waals surface area contributed by atoms with Crippen LogP contribution in [0.4, 0.5) is 5.69 Å². The molecule has 0 radical (unpaired) electrons. The second-order valence-electron chi connectivity index (χ2n) is 8.35. The summed E-state index contributed by atoms with van der Waals surface area (Å²) in [5.74, 6) is 0.669. The quantitative estimate of drug-likeness (QED) is 0.329. The van der Waals surface area contributed by atoms with Gasteiger partial charge in [0.25, 0.3) is 0 Å². The van der Waals surface area contributed by atoms with Gasteiger partial charge in [0, 0.05) is 19.3 Å². The van der Waals surface area contributed by atoms with Crippen molar-refractivity contribution < 1.29 is 14.6 Å². The summed E-state index contributed by atoms with van der Waals surface area (Å²) < 4.78 is 5.97. The standard InChI is InChI=1S/C28H25N3O3/c1-18-13-22(34-21-5-3-2-4-6-21)8-10-23(18)19-7-9-24-20(14-19)15-30-27(24)17-31-26-16-29-12-11-25(26)28(32)33/h2-14,16,27,30-31H,15,17H2,1H3,(H,32,33)/t27-/m1/s1. The van der Waals surface area contributed by atoms with Crippen molar-refractivity contribution in [1.82, 2.24) is 10.3 Å². The molecule has 0 amide bonds. The number of carboxylic acids is 1. The third-order valence-electron chi connectivity index (χ3n) is 6.09. The molecule has 0 saturated heterocycles. The number of fused-ring (bicyclic) bond motifs is 1. The van der Waals surface area contributed by atoms with Crippen molar-refractivity contribution in [3.63, 3.8) is 0 Å². The predicted octanol–water partition coefficient (Wildman–Crippen LogP) is 5.80. The third kappa shape index (κ3) is 4.49. The Bertz CT molecular complexity index is 1340. The van der Waals surface area contributed by atoms with E-state index in [2.05, 4.69) is 52.9 Å². The van der Waals surface area contributed by atoms with Crippen LogP contribution in [0.5, 0.6) is 11.5 Å². The van der Waals surface area contributed by atoms with Crippen LogP contribution < -0.4 is 15.4 Å². The van der Waals surface area contributed by atoms with Gasteiger partial charge in [-0.2, -0.15) is 0 Å². The number of benzene rings is 3. The number of anilines is 1. The van der Waals surface area contributed by atoms with Gasteiger partial charge in [0.15, 0.2) is 0 Å². The molecule has 3 aromatic carbocycles. The lowest BCUT2D eigenvalue weighted by Crippen LogP contribution is -2.22. The first-order chi connectivity index (χ1) is 16.6. The zero-order valence-corrected chi connectivity index (χ0v) is 18.8. The van der Waals surface area contributed by atoms with Crippen LogP contribution in [0.1, 0.15) is 33.1 Å². The molecule has 1 atom stereocenters. The molecule has 2 heterocycles. The Kier molecular flexibility index (Phi) is 5.97. The van der Waals surface area contributed by atoms with E-state index in [9.17, 15) is 9.90 Å². The highest BCUT2D eigenvalue weighted by Crippen LogP contribution is 2.33.